The van der Waals surface area contributed by atoms with Gasteiger partial charge in [0, 0.05) is 25.5 Å². The average Bonchev–Trinajstić information content (AvgIpc) is 3.31. The van der Waals surface area contributed by atoms with Gasteiger partial charge in [-0.15, -0.1) is 0 Å². The van der Waals surface area contributed by atoms with Crippen molar-refractivity contribution in [3.63, 3.8) is 0 Å². The summed E-state index contributed by atoms with van der Waals surface area (Å²) in [5.41, 5.74) is 3.84. The zero-order chi connectivity index (χ0) is 18.4. The Labute approximate surface area is 160 Å². The smallest absolute Gasteiger partial charge is 0.230 e. The summed E-state index contributed by atoms with van der Waals surface area (Å²) < 4.78 is 8.19. The molecule has 4 heterocycles. The number of nitrogens with zero attached hydrogens (tertiary/aromatic N) is 6. The van der Waals surface area contributed by atoms with Crippen molar-refractivity contribution < 1.29 is 0 Å². The summed E-state index contributed by atoms with van der Waals surface area (Å²) in [6.07, 6.45) is 9.47. The van der Waals surface area contributed by atoms with Gasteiger partial charge in [-0.3, -0.25) is 4.68 Å². The predicted octanol–water partition coefficient (Wildman–Crippen LogP) is 3.63. The van der Waals surface area contributed by atoms with Gasteiger partial charge in [-0.05, 0) is 49.9 Å². The molecule has 4 aromatic heterocycles. The molecule has 0 saturated heterocycles. The van der Waals surface area contributed by atoms with Crippen LogP contribution in [0.4, 0.5) is 16.8 Å². The van der Waals surface area contributed by atoms with Crippen molar-refractivity contribution in [3.8, 4) is 5.69 Å². The van der Waals surface area contributed by atoms with Gasteiger partial charge >= 0.3 is 0 Å². The van der Waals surface area contributed by atoms with Crippen LogP contribution >= 0.6 is 11.5 Å². The van der Waals surface area contributed by atoms with E-state index in [9.17, 15) is 0 Å². The molecule has 0 amide bonds. The molecule has 0 spiro atoms. The first-order valence-corrected chi connectivity index (χ1v) is 9.78. The van der Waals surface area contributed by atoms with Gasteiger partial charge in [-0.2, -0.15) is 14.5 Å². The molecule has 0 aliphatic heterocycles. The number of anilines is 3. The van der Waals surface area contributed by atoms with Crippen LogP contribution in [0.5, 0.6) is 0 Å². The van der Waals surface area contributed by atoms with E-state index in [4.69, 9.17) is 9.97 Å². The van der Waals surface area contributed by atoms with Crippen molar-refractivity contribution in [2.24, 2.45) is 7.05 Å². The highest BCUT2D eigenvalue weighted by Gasteiger charge is 2.21. The SMILES string of the molecule is Cc1cc(Nc2nc(NC3CCC3)c3c(ccn3-c3cnn(C)c3)n2)sn1. The molecule has 9 heteroatoms. The first kappa shape index (κ1) is 16.2. The van der Waals surface area contributed by atoms with Crippen molar-refractivity contribution >= 4 is 39.3 Å². The highest BCUT2D eigenvalue weighted by atomic mass is 32.1. The van der Waals surface area contributed by atoms with Gasteiger partial charge in [0.25, 0.3) is 0 Å². The van der Waals surface area contributed by atoms with Crippen LogP contribution in [0.3, 0.4) is 0 Å². The lowest BCUT2D eigenvalue weighted by Gasteiger charge is -2.27. The maximum absolute atomic E-state index is 4.79. The number of fused-ring (bicyclic) bond motifs is 1. The summed E-state index contributed by atoms with van der Waals surface area (Å²) >= 11 is 1.41. The van der Waals surface area contributed by atoms with E-state index in [1.54, 1.807) is 4.68 Å². The van der Waals surface area contributed by atoms with E-state index in [1.807, 2.05) is 44.7 Å². The van der Waals surface area contributed by atoms with Crippen LogP contribution in [0.2, 0.25) is 0 Å². The normalized spacial score (nSPS) is 14.4. The highest BCUT2D eigenvalue weighted by Crippen LogP contribution is 2.31. The topological polar surface area (TPSA) is 85.5 Å². The van der Waals surface area contributed by atoms with Crippen molar-refractivity contribution in [2.45, 2.75) is 32.2 Å². The van der Waals surface area contributed by atoms with Crippen LogP contribution in [0.15, 0.2) is 30.7 Å². The van der Waals surface area contributed by atoms with Gasteiger partial charge < -0.3 is 15.2 Å². The van der Waals surface area contributed by atoms with E-state index in [1.165, 1.54) is 30.8 Å². The minimum absolute atomic E-state index is 0.471. The number of hydrogen-bond donors (Lipinski definition) is 2. The molecule has 2 N–H and O–H groups in total. The monoisotopic (exact) mass is 380 g/mol. The summed E-state index contributed by atoms with van der Waals surface area (Å²) in [6, 6.07) is 4.48. The summed E-state index contributed by atoms with van der Waals surface area (Å²) in [4.78, 5) is 9.50. The summed E-state index contributed by atoms with van der Waals surface area (Å²) in [6.45, 7) is 1.98. The molecule has 8 nitrogen and oxygen atoms in total. The summed E-state index contributed by atoms with van der Waals surface area (Å²) in [7, 11) is 1.91. The van der Waals surface area contributed by atoms with Gasteiger partial charge in [0.15, 0.2) is 5.82 Å². The fourth-order valence-electron chi connectivity index (χ4n) is 3.23. The van der Waals surface area contributed by atoms with Gasteiger partial charge in [-0.25, -0.2) is 4.98 Å². The zero-order valence-electron chi connectivity index (χ0n) is 15.2. The number of hydrogen-bond acceptors (Lipinski definition) is 7. The largest absolute Gasteiger partial charge is 0.365 e. The Balaban J connectivity index is 1.60. The molecular formula is C18H20N8S. The number of rotatable bonds is 5. The number of aryl methyl sites for hydroxylation is 2. The lowest BCUT2D eigenvalue weighted by Crippen LogP contribution is -2.28. The van der Waals surface area contributed by atoms with Crippen LogP contribution in [-0.2, 0) is 7.05 Å². The Hall–Kier alpha value is -2.94. The molecule has 138 valence electrons. The van der Waals surface area contributed by atoms with E-state index in [0.717, 1.165) is 33.2 Å². The van der Waals surface area contributed by atoms with E-state index in [2.05, 4.69) is 24.7 Å². The predicted molar refractivity (Wildman–Crippen MR) is 107 cm³/mol. The molecule has 1 saturated carbocycles. The van der Waals surface area contributed by atoms with E-state index in [0.29, 0.717) is 12.0 Å². The molecule has 0 radical (unpaired) electrons. The standard InChI is InChI=1S/C18H20N8S/c1-11-8-15(27-24-11)22-18-21-14-6-7-26(13-9-19-25(2)10-13)16(14)17(23-18)20-12-4-3-5-12/h6-10,12H,3-5H2,1-2H3,(H2,20,21,22,23). The lowest BCUT2D eigenvalue weighted by atomic mass is 9.93. The molecule has 0 atom stereocenters. The number of aromatic nitrogens is 6. The second-order valence-electron chi connectivity index (χ2n) is 6.92. The maximum atomic E-state index is 4.79. The first-order chi connectivity index (χ1) is 13.2. The Kier molecular flexibility index (Phi) is 3.82. The molecular weight excluding hydrogens is 360 g/mol. The van der Waals surface area contributed by atoms with E-state index in [-0.39, 0.29) is 0 Å². The average molecular weight is 380 g/mol. The summed E-state index contributed by atoms with van der Waals surface area (Å²) in [5.74, 6) is 1.43. The second kappa shape index (κ2) is 6.34. The Morgan fingerprint density at radius 2 is 2.15 bits per heavy atom. The fraction of sp³-hybridized carbons (Fsp3) is 0.333. The maximum Gasteiger partial charge on any atom is 0.230 e. The Bertz CT molecular complexity index is 1100. The van der Waals surface area contributed by atoms with Crippen molar-refractivity contribution in [3.05, 3.63) is 36.4 Å². The highest BCUT2D eigenvalue weighted by molar-refractivity contribution is 7.10. The Morgan fingerprint density at radius 3 is 2.81 bits per heavy atom. The quantitative estimate of drug-likeness (QED) is 0.550. The molecule has 1 aliphatic rings. The first-order valence-electron chi connectivity index (χ1n) is 9.01. The van der Waals surface area contributed by atoms with Crippen molar-refractivity contribution in [1.29, 1.82) is 0 Å². The third-order valence-corrected chi connectivity index (χ3v) is 5.61. The van der Waals surface area contributed by atoms with Crippen LogP contribution in [0.1, 0.15) is 25.0 Å². The minimum atomic E-state index is 0.471. The van der Waals surface area contributed by atoms with E-state index < -0.39 is 0 Å². The molecule has 0 aromatic carbocycles. The number of nitrogens with one attached hydrogen (secondary N) is 2. The van der Waals surface area contributed by atoms with Crippen LogP contribution in [0.25, 0.3) is 16.7 Å². The molecule has 1 fully saturated rings. The van der Waals surface area contributed by atoms with Gasteiger partial charge in [-0.1, -0.05) is 0 Å². The fourth-order valence-corrected chi connectivity index (χ4v) is 3.88. The third-order valence-electron chi connectivity index (χ3n) is 4.81. The van der Waals surface area contributed by atoms with Crippen molar-refractivity contribution in [2.75, 3.05) is 10.6 Å². The summed E-state index contributed by atoms with van der Waals surface area (Å²) in [5, 5.41) is 12.1. The lowest BCUT2D eigenvalue weighted by molar-refractivity contribution is 0.445. The van der Waals surface area contributed by atoms with Gasteiger partial charge in [0.05, 0.1) is 23.1 Å². The molecule has 4 aromatic rings. The zero-order valence-corrected chi connectivity index (χ0v) is 16.0. The molecule has 0 bridgehead atoms. The molecule has 27 heavy (non-hydrogen) atoms. The van der Waals surface area contributed by atoms with Crippen LogP contribution < -0.4 is 10.6 Å². The molecule has 1 aliphatic carbocycles. The molecule has 5 rings (SSSR count). The van der Waals surface area contributed by atoms with Gasteiger partial charge in [0.2, 0.25) is 5.95 Å². The van der Waals surface area contributed by atoms with Crippen LogP contribution in [0, 0.1) is 6.92 Å². The van der Waals surface area contributed by atoms with Crippen LogP contribution in [-0.4, -0.2) is 34.7 Å². The molecule has 0 unspecified atom stereocenters. The van der Waals surface area contributed by atoms with Crippen molar-refractivity contribution in [1.82, 2.24) is 28.7 Å². The second-order valence-corrected chi connectivity index (χ2v) is 7.72. The minimum Gasteiger partial charge on any atom is -0.365 e. The van der Waals surface area contributed by atoms with E-state index >= 15 is 0 Å². The Morgan fingerprint density at radius 1 is 1.26 bits per heavy atom. The van der Waals surface area contributed by atoms with Gasteiger partial charge in [0.1, 0.15) is 10.5 Å². The third kappa shape index (κ3) is 3.03.